The van der Waals surface area contributed by atoms with Crippen LogP contribution in [-0.2, 0) is 5.41 Å². The van der Waals surface area contributed by atoms with Gasteiger partial charge in [0.1, 0.15) is 0 Å². The second-order valence-electron chi connectivity index (χ2n) is 4.42. The molecule has 0 spiro atoms. The standard InChI is InChI=1S/C12H16ClNO2/c1-7-5-8(16-2)11(15)9(10(7)13)12(6-14)3-4-12/h5,15H,3-4,6,14H2,1-2H3. The van der Waals surface area contributed by atoms with Crippen molar-refractivity contribution in [3.8, 4) is 11.5 Å². The molecule has 0 bridgehead atoms. The van der Waals surface area contributed by atoms with Crippen molar-refractivity contribution >= 4 is 11.6 Å². The lowest BCUT2D eigenvalue weighted by Gasteiger charge is -2.19. The maximum atomic E-state index is 10.1. The minimum atomic E-state index is -0.138. The third-order valence-corrected chi connectivity index (χ3v) is 3.87. The Morgan fingerprint density at radius 2 is 2.19 bits per heavy atom. The summed E-state index contributed by atoms with van der Waals surface area (Å²) in [4.78, 5) is 0. The number of rotatable bonds is 3. The lowest BCUT2D eigenvalue weighted by molar-refractivity contribution is 0.367. The van der Waals surface area contributed by atoms with Gasteiger partial charge in [0.05, 0.1) is 12.1 Å². The molecule has 0 saturated heterocycles. The molecule has 1 aliphatic carbocycles. The Bertz CT molecular complexity index is 428. The van der Waals surface area contributed by atoms with Gasteiger partial charge < -0.3 is 15.6 Å². The zero-order chi connectivity index (χ0) is 11.9. The highest BCUT2D eigenvalue weighted by molar-refractivity contribution is 6.32. The number of hydrogen-bond acceptors (Lipinski definition) is 3. The van der Waals surface area contributed by atoms with Crippen LogP contribution in [0.5, 0.6) is 11.5 Å². The average Bonchev–Trinajstić information content (AvgIpc) is 3.05. The summed E-state index contributed by atoms with van der Waals surface area (Å²) in [6, 6.07) is 1.74. The molecule has 0 aromatic heterocycles. The second kappa shape index (κ2) is 3.82. The zero-order valence-corrected chi connectivity index (χ0v) is 10.3. The number of aromatic hydroxyl groups is 1. The number of nitrogens with two attached hydrogens (primary N) is 1. The van der Waals surface area contributed by atoms with E-state index in [1.807, 2.05) is 6.92 Å². The highest BCUT2D eigenvalue weighted by Crippen LogP contribution is 2.55. The van der Waals surface area contributed by atoms with E-state index in [4.69, 9.17) is 22.1 Å². The summed E-state index contributed by atoms with van der Waals surface area (Å²) in [7, 11) is 1.54. The summed E-state index contributed by atoms with van der Waals surface area (Å²) in [6.07, 6.45) is 1.95. The minimum absolute atomic E-state index is 0.138. The number of aryl methyl sites for hydroxylation is 1. The smallest absolute Gasteiger partial charge is 0.163 e. The van der Waals surface area contributed by atoms with Crippen molar-refractivity contribution in [1.29, 1.82) is 0 Å². The third-order valence-electron chi connectivity index (χ3n) is 3.38. The van der Waals surface area contributed by atoms with Crippen LogP contribution in [0.2, 0.25) is 5.02 Å². The van der Waals surface area contributed by atoms with Gasteiger partial charge in [-0.25, -0.2) is 0 Å². The van der Waals surface area contributed by atoms with Gasteiger partial charge in [-0.1, -0.05) is 11.6 Å². The van der Waals surface area contributed by atoms with E-state index in [-0.39, 0.29) is 11.2 Å². The van der Waals surface area contributed by atoms with Gasteiger partial charge in [-0.2, -0.15) is 0 Å². The first kappa shape index (κ1) is 11.6. The maximum absolute atomic E-state index is 10.1. The van der Waals surface area contributed by atoms with Crippen LogP contribution in [0.15, 0.2) is 6.07 Å². The number of halogens is 1. The molecule has 3 nitrogen and oxygen atoms in total. The number of benzene rings is 1. The minimum Gasteiger partial charge on any atom is -0.504 e. The van der Waals surface area contributed by atoms with Crippen LogP contribution in [0.4, 0.5) is 0 Å². The van der Waals surface area contributed by atoms with Crippen molar-refractivity contribution < 1.29 is 9.84 Å². The van der Waals surface area contributed by atoms with E-state index in [0.29, 0.717) is 17.3 Å². The van der Waals surface area contributed by atoms with Gasteiger partial charge in [0.2, 0.25) is 0 Å². The summed E-state index contributed by atoms with van der Waals surface area (Å²) >= 11 is 6.26. The van der Waals surface area contributed by atoms with E-state index >= 15 is 0 Å². The van der Waals surface area contributed by atoms with E-state index in [9.17, 15) is 5.11 Å². The summed E-state index contributed by atoms with van der Waals surface area (Å²) in [5.74, 6) is 0.609. The average molecular weight is 242 g/mol. The number of phenols is 1. The molecular weight excluding hydrogens is 226 g/mol. The first-order valence-electron chi connectivity index (χ1n) is 5.32. The summed E-state index contributed by atoms with van der Waals surface area (Å²) < 4.78 is 5.14. The lowest BCUT2D eigenvalue weighted by atomic mass is 9.93. The molecule has 0 atom stereocenters. The molecule has 0 unspecified atom stereocenters. The predicted octanol–water partition coefficient (Wildman–Crippen LogP) is 2.35. The van der Waals surface area contributed by atoms with Crippen LogP contribution in [0.25, 0.3) is 0 Å². The summed E-state index contributed by atoms with van der Waals surface area (Å²) in [5.41, 5.74) is 7.30. The van der Waals surface area contributed by atoms with Crippen LogP contribution >= 0.6 is 11.6 Å². The maximum Gasteiger partial charge on any atom is 0.163 e. The molecule has 1 aromatic rings. The van der Waals surface area contributed by atoms with Gasteiger partial charge in [-0.3, -0.25) is 0 Å². The Morgan fingerprint density at radius 1 is 1.56 bits per heavy atom. The van der Waals surface area contributed by atoms with E-state index in [2.05, 4.69) is 0 Å². The van der Waals surface area contributed by atoms with Crippen molar-refractivity contribution in [3.63, 3.8) is 0 Å². The molecular formula is C12H16ClNO2. The number of hydrogen-bond donors (Lipinski definition) is 2. The molecule has 0 radical (unpaired) electrons. The molecule has 4 heteroatoms. The van der Waals surface area contributed by atoms with E-state index in [1.165, 1.54) is 7.11 Å². The Hall–Kier alpha value is -0.930. The van der Waals surface area contributed by atoms with Crippen LogP contribution in [-0.4, -0.2) is 18.8 Å². The monoisotopic (exact) mass is 241 g/mol. The van der Waals surface area contributed by atoms with Crippen molar-refractivity contribution in [2.24, 2.45) is 5.73 Å². The SMILES string of the molecule is COc1cc(C)c(Cl)c(C2(CN)CC2)c1O. The molecule has 3 N–H and O–H groups in total. The van der Waals surface area contributed by atoms with Crippen LogP contribution in [0.3, 0.4) is 0 Å². The highest BCUT2D eigenvalue weighted by Gasteiger charge is 2.47. The van der Waals surface area contributed by atoms with Gasteiger partial charge in [-0.05, 0) is 31.4 Å². The van der Waals surface area contributed by atoms with Crippen LogP contribution < -0.4 is 10.5 Å². The fourth-order valence-electron chi connectivity index (χ4n) is 2.10. The van der Waals surface area contributed by atoms with E-state index < -0.39 is 0 Å². The highest BCUT2D eigenvalue weighted by atomic mass is 35.5. The fraction of sp³-hybridized carbons (Fsp3) is 0.500. The quantitative estimate of drug-likeness (QED) is 0.854. The summed E-state index contributed by atoms with van der Waals surface area (Å²) in [6.45, 7) is 2.41. The number of phenolic OH excluding ortho intramolecular Hbond substituents is 1. The Morgan fingerprint density at radius 3 is 2.62 bits per heavy atom. The van der Waals surface area contributed by atoms with Crippen molar-refractivity contribution in [3.05, 3.63) is 22.2 Å². The van der Waals surface area contributed by atoms with Gasteiger partial charge in [0.25, 0.3) is 0 Å². The third kappa shape index (κ3) is 1.55. The number of ether oxygens (including phenoxy) is 1. The Balaban J connectivity index is 2.63. The van der Waals surface area contributed by atoms with Gasteiger partial charge in [0, 0.05) is 17.5 Å². The Labute approximate surface area is 100 Å². The number of methoxy groups -OCH3 is 1. The first-order valence-corrected chi connectivity index (χ1v) is 5.70. The largest absolute Gasteiger partial charge is 0.504 e. The topological polar surface area (TPSA) is 55.5 Å². The van der Waals surface area contributed by atoms with Gasteiger partial charge >= 0.3 is 0 Å². The molecule has 1 aliphatic rings. The van der Waals surface area contributed by atoms with Crippen molar-refractivity contribution in [2.75, 3.05) is 13.7 Å². The van der Waals surface area contributed by atoms with Crippen LogP contribution in [0, 0.1) is 6.92 Å². The molecule has 0 aliphatic heterocycles. The summed E-state index contributed by atoms with van der Waals surface area (Å²) in [5, 5.41) is 10.7. The molecule has 1 fully saturated rings. The van der Waals surface area contributed by atoms with Crippen LogP contribution in [0.1, 0.15) is 24.0 Å². The van der Waals surface area contributed by atoms with Gasteiger partial charge in [0.15, 0.2) is 11.5 Å². The normalized spacial score (nSPS) is 17.2. The fourth-order valence-corrected chi connectivity index (χ4v) is 2.44. The van der Waals surface area contributed by atoms with E-state index in [0.717, 1.165) is 24.0 Å². The Kier molecular flexibility index (Phi) is 2.76. The first-order chi connectivity index (χ1) is 7.55. The molecule has 1 saturated carbocycles. The lowest BCUT2D eigenvalue weighted by Crippen LogP contribution is -2.20. The molecule has 2 rings (SSSR count). The molecule has 16 heavy (non-hydrogen) atoms. The van der Waals surface area contributed by atoms with Crippen molar-refractivity contribution in [2.45, 2.75) is 25.2 Å². The molecule has 1 aromatic carbocycles. The molecule has 88 valence electrons. The predicted molar refractivity (Wildman–Crippen MR) is 64.4 cm³/mol. The second-order valence-corrected chi connectivity index (χ2v) is 4.80. The van der Waals surface area contributed by atoms with Gasteiger partial charge in [-0.15, -0.1) is 0 Å². The molecule has 0 heterocycles. The van der Waals surface area contributed by atoms with Crippen molar-refractivity contribution in [1.82, 2.24) is 0 Å². The zero-order valence-electron chi connectivity index (χ0n) is 9.51. The molecule has 0 amide bonds. The van der Waals surface area contributed by atoms with E-state index in [1.54, 1.807) is 6.07 Å².